The average molecular weight is 463 g/mol. The number of hydrogen-bond acceptors (Lipinski definition) is 5. The highest BCUT2D eigenvalue weighted by Gasteiger charge is 2.17. The van der Waals surface area contributed by atoms with E-state index < -0.39 is 0 Å². The molecule has 168 valence electrons. The van der Waals surface area contributed by atoms with Gasteiger partial charge in [0.05, 0.1) is 12.9 Å². The van der Waals surface area contributed by atoms with Crippen LogP contribution < -0.4 is 10.1 Å². The van der Waals surface area contributed by atoms with Gasteiger partial charge in [0, 0.05) is 17.8 Å². The summed E-state index contributed by atoms with van der Waals surface area (Å²) in [6.07, 6.45) is 0. The first-order valence-corrected chi connectivity index (χ1v) is 11.3. The summed E-state index contributed by atoms with van der Waals surface area (Å²) in [5.41, 5.74) is 3.59. The number of aromatic nitrogens is 3. The van der Waals surface area contributed by atoms with Crippen LogP contribution in [0.5, 0.6) is 5.75 Å². The number of ether oxygens (including phenoxy) is 1. The molecule has 0 atom stereocenters. The fraction of sp³-hybridized carbons (Fsp3) is 0.160. The van der Waals surface area contributed by atoms with Gasteiger partial charge in [-0.3, -0.25) is 9.36 Å². The van der Waals surface area contributed by atoms with Crippen molar-refractivity contribution in [1.82, 2.24) is 20.1 Å². The van der Waals surface area contributed by atoms with Crippen molar-refractivity contribution in [2.45, 2.75) is 18.6 Å². The minimum Gasteiger partial charge on any atom is -0.496 e. The van der Waals surface area contributed by atoms with E-state index in [0.717, 1.165) is 28.1 Å². The van der Waals surface area contributed by atoms with E-state index in [1.54, 1.807) is 19.2 Å². The van der Waals surface area contributed by atoms with Crippen molar-refractivity contribution in [2.75, 3.05) is 12.9 Å². The molecule has 0 spiro atoms. The Balaban J connectivity index is 1.49. The SMILES string of the molecule is COc1cc(CNC(=O)CSc2nnc(-c3ccc(F)cc3)n2-c2ccccc2)ccc1C. The second kappa shape index (κ2) is 10.3. The number of benzene rings is 3. The molecule has 0 aliphatic carbocycles. The first-order chi connectivity index (χ1) is 16.0. The number of thioether (sulfide) groups is 1. The van der Waals surface area contributed by atoms with Crippen LogP contribution in [0.2, 0.25) is 0 Å². The van der Waals surface area contributed by atoms with Crippen molar-refractivity contribution in [3.05, 3.63) is 89.7 Å². The summed E-state index contributed by atoms with van der Waals surface area (Å²) in [6, 6.07) is 21.6. The smallest absolute Gasteiger partial charge is 0.230 e. The van der Waals surface area contributed by atoms with Crippen LogP contribution in [0.4, 0.5) is 4.39 Å². The number of hydrogen-bond donors (Lipinski definition) is 1. The third-order valence-corrected chi connectivity index (χ3v) is 5.97. The summed E-state index contributed by atoms with van der Waals surface area (Å²) in [7, 11) is 1.63. The minimum absolute atomic E-state index is 0.120. The highest BCUT2D eigenvalue weighted by atomic mass is 32.2. The number of para-hydroxylation sites is 1. The predicted octanol–water partition coefficient (Wildman–Crippen LogP) is 4.80. The first kappa shape index (κ1) is 22.5. The third-order valence-electron chi connectivity index (χ3n) is 5.04. The van der Waals surface area contributed by atoms with Gasteiger partial charge in [0.2, 0.25) is 5.91 Å². The van der Waals surface area contributed by atoms with Crippen LogP contribution >= 0.6 is 11.8 Å². The van der Waals surface area contributed by atoms with E-state index in [1.807, 2.05) is 60.0 Å². The van der Waals surface area contributed by atoms with Crippen molar-refractivity contribution in [1.29, 1.82) is 0 Å². The molecule has 0 bridgehead atoms. The molecule has 4 rings (SSSR count). The van der Waals surface area contributed by atoms with E-state index in [-0.39, 0.29) is 17.5 Å². The molecule has 3 aromatic carbocycles. The van der Waals surface area contributed by atoms with E-state index in [0.29, 0.717) is 17.5 Å². The molecule has 0 saturated heterocycles. The van der Waals surface area contributed by atoms with Gasteiger partial charge < -0.3 is 10.1 Å². The van der Waals surface area contributed by atoms with Crippen LogP contribution in [0.15, 0.2) is 78.0 Å². The Morgan fingerprint density at radius 2 is 1.82 bits per heavy atom. The molecule has 8 heteroatoms. The number of halogens is 1. The summed E-state index contributed by atoms with van der Waals surface area (Å²) in [6.45, 7) is 2.38. The van der Waals surface area contributed by atoms with E-state index in [9.17, 15) is 9.18 Å². The normalized spacial score (nSPS) is 10.8. The minimum atomic E-state index is -0.318. The van der Waals surface area contributed by atoms with Crippen LogP contribution in [-0.4, -0.2) is 33.5 Å². The van der Waals surface area contributed by atoms with Gasteiger partial charge >= 0.3 is 0 Å². The molecule has 4 aromatic rings. The molecule has 0 fully saturated rings. The summed E-state index contributed by atoms with van der Waals surface area (Å²) in [5, 5.41) is 12.1. The molecule has 0 aliphatic rings. The van der Waals surface area contributed by atoms with Gasteiger partial charge in [-0.05, 0) is 60.5 Å². The second-order valence-electron chi connectivity index (χ2n) is 7.35. The maximum Gasteiger partial charge on any atom is 0.230 e. The molecule has 1 heterocycles. The van der Waals surface area contributed by atoms with Crippen LogP contribution in [0.3, 0.4) is 0 Å². The highest BCUT2D eigenvalue weighted by molar-refractivity contribution is 7.99. The van der Waals surface area contributed by atoms with Crippen molar-refractivity contribution in [2.24, 2.45) is 0 Å². The lowest BCUT2D eigenvalue weighted by Crippen LogP contribution is -2.24. The van der Waals surface area contributed by atoms with Crippen molar-refractivity contribution < 1.29 is 13.9 Å². The molecule has 33 heavy (non-hydrogen) atoms. The number of rotatable bonds is 8. The zero-order valence-electron chi connectivity index (χ0n) is 18.3. The Morgan fingerprint density at radius 3 is 2.55 bits per heavy atom. The van der Waals surface area contributed by atoms with Gasteiger partial charge in [-0.15, -0.1) is 10.2 Å². The number of carbonyl (C=O) groups is 1. The third kappa shape index (κ3) is 5.40. The summed E-state index contributed by atoms with van der Waals surface area (Å²) in [5.74, 6) is 1.11. The molecule has 1 N–H and O–H groups in total. The molecule has 1 aromatic heterocycles. The number of methoxy groups -OCH3 is 1. The topological polar surface area (TPSA) is 69.0 Å². The molecule has 0 unspecified atom stereocenters. The summed E-state index contributed by atoms with van der Waals surface area (Å²) >= 11 is 1.29. The van der Waals surface area contributed by atoms with Crippen molar-refractivity contribution in [3.8, 4) is 22.8 Å². The van der Waals surface area contributed by atoms with E-state index >= 15 is 0 Å². The lowest BCUT2D eigenvalue weighted by molar-refractivity contribution is -0.118. The largest absolute Gasteiger partial charge is 0.496 e. The van der Waals surface area contributed by atoms with E-state index in [4.69, 9.17) is 4.74 Å². The molecule has 1 amide bonds. The Hall–Kier alpha value is -3.65. The zero-order valence-corrected chi connectivity index (χ0v) is 19.1. The highest BCUT2D eigenvalue weighted by Crippen LogP contribution is 2.28. The first-order valence-electron chi connectivity index (χ1n) is 10.3. The summed E-state index contributed by atoms with van der Waals surface area (Å²) < 4.78 is 20.6. The van der Waals surface area contributed by atoms with Gasteiger partial charge in [0.1, 0.15) is 11.6 Å². The Morgan fingerprint density at radius 1 is 1.06 bits per heavy atom. The van der Waals surface area contributed by atoms with Gasteiger partial charge in [-0.25, -0.2) is 4.39 Å². The monoisotopic (exact) mass is 462 g/mol. The van der Waals surface area contributed by atoms with Crippen molar-refractivity contribution in [3.63, 3.8) is 0 Å². The Labute approximate surface area is 195 Å². The number of nitrogens with zero attached hydrogens (tertiary/aromatic N) is 3. The van der Waals surface area contributed by atoms with Crippen LogP contribution in [0.25, 0.3) is 17.1 Å². The second-order valence-corrected chi connectivity index (χ2v) is 8.30. The molecule has 0 saturated carbocycles. The maximum absolute atomic E-state index is 13.4. The standard InChI is InChI=1S/C25H23FN4O2S/c1-17-8-9-18(14-22(17)32-2)15-27-23(31)16-33-25-29-28-24(19-10-12-20(26)13-11-19)30(25)21-6-4-3-5-7-21/h3-14H,15-16H2,1-2H3,(H,27,31). The summed E-state index contributed by atoms with van der Waals surface area (Å²) in [4.78, 5) is 12.5. The number of nitrogens with one attached hydrogen (secondary N) is 1. The average Bonchev–Trinajstić information content (AvgIpc) is 3.27. The fourth-order valence-electron chi connectivity index (χ4n) is 3.32. The molecular weight excluding hydrogens is 439 g/mol. The van der Waals surface area contributed by atoms with Gasteiger partial charge in [0.25, 0.3) is 0 Å². The van der Waals surface area contributed by atoms with Gasteiger partial charge in [-0.2, -0.15) is 0 Å². The lowest BCUT2D eigenvalue weighted by Gasteiger charge is -2.11. The quantitative estimate of drug-likeness (QED) is 0.381. The fourth-order valence-corrected chi connectivity index (χ4v) is 4.10. The van der Waals surface area contributed by atoms with Crippen molar-refractivity contribution >= 4 is 17.7 Å². The number of aryl methyl sites for hydroxylation is 1. The molecule has 0 aliphatic heterocycles. The predicted molar refractivity (Wildman–Crippen MR) is 127 cm³/mol. The van der Waals surface area contributed by atoms with Gasteiger partial charge in [0.15, 0.2) is 11.0 Å². The van der Waals surface area contributed by atoms with Crippen LogP contribution in [0.1, 0.15) is 11.1 Å². The van der Waals surface area contributed by atoms with E-state index in [2.05, 4.69) is 15.5 Å². The molecule has 6 nitrogen and oxygen atoms in total. The number of carbonyl (C=O) groups excluding carboxylic acids is 1. The molecule has 0 radical (unpaired) electrons. The number of amides is 1. The maximum atomic E-state index is 13.4. The van der Waals surface area contributed by atoms with Gasteiger partial charge in [-0.1, -0.05) is 42.1 Å². The van der Waals surface area contributed by atoms with Crippen LogP contribution in [0, 0.1) is 12.7 Å². The lowest BCUT2D eigenvalue weighted by atomic mass is 10.1. The zero-order chi connectivity index (χ0) is 23.2. The van der Waals surface area contributed by atoms with E-state index in [1.165, 1.54) is 23.9 Å². The van der Waals surface area contributed by atoms with Crippen LogP contribution in [-0.2, 0) is 11.3 Å². The Kier molecular flexibility index (Phi) is 7.04. The Bertz CT molecular complexity index is 1240. The molecular formula is C25H23FN4O2S.